The van der Waals surface area contributed by atoms with E-state index in [1.54, 1.807) is 12.3 Å². The molecule has 0 aromatic carbocycles. The van der Waals surface area contributed by atoms with Gasteiger partial charge in [0.15, 0.2) is 0 Å². The molecule has 116 valence electrons. The van der Waals surface area contributed by atoms with Gasteiger partial charge in [0.05, 0.1) is 6.61 Å². The van der Waals surface area contributed by atoms with Crippen LogP contribution in [-0.4, -0.2) is 29.5 Å². The normalized spacial score (nSPS) is 25.4. The van der Waals surface area contributed by atoms with Crippen LogP contribution in [0.3, 0.4) is 0 Å². The molecule has 3 atom stereocenters. The molecule has 1 aliphatic rings. The highest BCUT2D eigenvalue weighted by Gasteiger charge is 2.27. The van der Waals surface area contributed by atoms with Crippen LogP contribution in [0.15, 0.2) is 5.38 Å². The topological polar surface area (TPSA) is 68.3 Å². The van der Waals surface area contributed by atoms with Crippen LogP contribution in [0.25, 0.3) is 0 Å². The SMILES string of the molecule is CCOC(=O)c1nc(C(=O)NC2CCC(C)CC2C)cs1. The highest BCUT2D eigenvalue weighted by Crippen LogP contribution is 2.28. The van der Waals surface area contributed by atoms with E-state index in [2.05, 4.69) is 24.1 Å². The van der Waals surface area contributed by atoms with Gasteiger partial charge in [-0.15, -0.1) is 11.3 Å². The molecule has 3 unspecified atom stereocenters. The van der Waals surface area contributed by atoms with Crippen molar-refractivity contribution in [2.24, 2.45) is 11.8 Å². The quantitative estimate of drug-likeness (QED) is 0.868. The van der Waals surface area contributed by atoms with Gasteiger partial charge in [-0.25, -0.2) is 9.78 Å². The second kappa shape index (κ2) is 7.02. The van der Waals surface area contributed by atoms with E-state index in [1.165, 1.54) is 0 Å². The number of esters is 1. The number of amides is 1. The van der Waals surface area contributed by atoms with Crippen LogP contribution in [0.4, 0.5) is 0 Å². The Kier molecular flexibility index (Phi) is 5.33. The second-order valence-electron chi connectivity index (χ2n) is 5.73. The van der Waals surface area contributed by atoms with Crippen molar-refractivity contribution in [2.45, 2.75) is 46.1 Å². The van der Waals surface area contributed by atoms with Crippen LogP contribution >= 0.6 is 11.3 Å². The second-order valence-corrected chi connectivity index (χ2v) is 6.59. The van der Waals surface area contributed by atoms with Crippen molar-refractivity contribution in [3.05, 3.63) is 16.1 Å². The predicted molar refractivity (Wildman–Crippen MR) is 81.5 cm³/mol. The number of carbonyl (C=O) groups is 2. The summed E-state index contributed by atoms with van der Waals surface area (Å²) in [5.41, 5.74) is 0.300. The smallest absolute Gasteiger partial charge is 0.367 e. The molecule has 1 amide bonds. The summed E-state index contributed by atoms with van der Waals surface area (Å²) in [5, 5.41) is 4.88. The fourth-order valence-corrected chi connectivity index (χ4v) is 3.48. The van der Waals surface area contributed by atoms with Crippen LogP contribution in [0.2, 0.25) is 0 Å². The first kappa shape index (κ1) is 15.9. The zero-order valence-corrected chi connectivity index (χ0v) is 13.5. The number of aromatic nitrogens is 1. The Labute approximate surface area is 129 Å². The Morgan fingerprint density at radius 1 is 1.43 bits per heavy atom. The summed E-state index contributed by atoms with van der Waals surface area (Å²) in [4.78, 5) is 27.8. The number of nitrogens with one attached hydrogen (secondary N) is 1. The lowest BCUT2D eigenvalue weighted by Crippen LogP contribution is -2.42. The van der Waals surface area contributed by atoms with E-state index in [0.29, 0.717) is 18.2 Å². The summed E-state index contributed by atoms with van der Waals surface area (Å²) in [6.45, 7) is 6.47. The predicted octanol–water partition coefficient (Wildman–Crippen LogP) is 2.87. The van der Waals surface area contributed by atoms with Crippen LogP contribution in [-0.2, 0) is 4.74 Å². The van der Waals surface area contributed by atoms with Crippen molar-refractivity contribution in [3.63, 3.8) is 0 Å². The molecule has 21 heavy (non-hydrogen) atoms. The minimum atomic E-state index is -0.471. The van der Waals surface area contributed by atoms with Gasteiger partial charge in [-0.3, -0.25) is 4.79 Å². The lowest BCUT2D eigenvalue weighted by Gasteiger charge is -2.32. The minimum absolute atomic E-state index is 0.196. The van der Waals surface area contributed by atoms with Gasteiger partial charge in [-0.2, -0.15) is 0 Å². The number of ether oxygens (including phenoxy) is 1. The Morgan fingerprint density at radius 3 is 2.86 bits per heavy atom. The van der Waals surface area contributed by atoms with Crippen LogP contribution in [0, 0.1) is 11.8 Å². The highest BCUT2D eigenvalue weighted by molar-refractivity contribution is 7.11. The first-order valence-electron chi connectivity index (χ1n) is 7.44. The largest absolute Gasteiger partial charge is 0.461 e. The van der Waals surface area contributed by atoms with Gasteiger partial charge in [0.1, 0.15) is 5.69 Å². The zero-order valence-electron chi connectivity index (χ0n) is 12.7. The van der Waals surface area contributed by atoms with Gasteiger partial charge in [0, 0.05) is 11.4 Å². The fraction of sp³-hybridized carbons (Fsp3) is 0.667. The molecule has 1 N–H and O–H groups in total. The fourth-order valence-electron chi connectivity index (χ4n) is 2.79. The van der Waals surface area contributed by atoms with E-state index in [1.807, 2.05) is 0 Å². The molecule has 0 bridgehead atoms. The maximum absolute atomic E-state index is 12.2. The molecule has 1 fully saturated rings. The number of hydrogen-bond donors (Lipinski definition) is 1. The van der Waals surface area contributed by atoms with Crippen molar-refractivity contribution < 1.29 is 14.3 Å². The molecule has 1 aliphatic carbocycles. The lowest BCUT2D eigenvalue weighted by molar-refractivity contribution is 0.0526. The molecule has 1 heterocycles. The molecular weight excluding hydrogens is 288 g/mol. The van der Waals surface area contributed by atoms with Gasteiger partial charge in [-0.1, -0.05) is 13.8 Å². The van der Waals surface area contributed by atoms with E-state index < -0.39 is 5.97 Å². The summed E-state index contributed by atoms with van der Waals surface area (Å²) in [5.74, 6) is 0.526. The van der Waals surface area contributed by atoms with Crippen LogP contribution in [0.1, 0.15) is 60.3 Å². The van der Waals surface area contributed by atoms with E-state index in [0.717, 1.165) is 36.5 Å². The lowest BCUT2D eigenvalue weighted by atomic mass is 9.80. The molecule has 1 aromatic rings. The van der Waals surface area contributed by atoms with E-state index in [9.17, 15) is 9.59 Å². The van der Waals surface area contributed by atoms with E-state index in [4.69, 9.17) is 4.74 Å². The van der Waals surface area contributed by atoms with Crippen molar-refractivity contribution in [1.29, 1.82) is 0 Å². The number of thiazole rings is 1. The molecule has 0 saturated heterocycles. The Bertz CT molecular complexity index is 515. The summed E-state index contributed by atoms with van der Waals surface area (Å²) in [7, 11) is 0. The molecule has 1 saturated carbocycles. The van der Waals surface area contributed by atoms with Crippen molar-refractivity contribution in [1.82, 2.24) is 10.3 Å². The zero-order chi connectivity index (χ0) is 15.4. The number of nitrogens with zero attached hydrogens (tertiary/aromatic N) is 1. The van der Waals surface area contributed by atoms with Gasteiger partial charge >= 0.3 is 5.97 Å². The van der Waals surface area contributed by atoms with Crippen LogP contribution < -0.4 is 5.32 Å². The van der Waals surface area contributed by atoms with Crippen molar-refractivity contribution in [2.75, 3.05) is 6.61 Å². The van der Waals surface area contributed by atoms with Crippen LogP contribution in [0.5, 0.6) is 0 Å². The molecule has 6 heteroatoms. The first-order valence-corrected chi connectivity index (χ1v) is 8.32. The van der Waals surface area contributed by atoms with Gasteiger partial charge in [0.2, 0.25) is 5.01 Å². The summed E-state index contributed by atoms with van der Waals surface area (Å²) >= 11 is 1.14. The van der Waals surface area contributed by atoms with Crippen molar-refractivity contribution in [3.8, 4) is 0 Å². The molecule has 0 spiro atoms. The summed E-state index contributed by atoms with van der Waals surface area (Å²) in [6, 6.07) is 0.196. The number of rotatable bonds is 4. The Morgan fingerprint density at radius 2 is 2.19 bits per heavy atom. The van der Waals surface area contributed by atoms with Gasteiger partial charge in [0.25, 0.3) is 5.91 Å². The summed E-state index contributed by atoms with van der Waals surface area (Å²) in [6.07, 6.45) is 3.28. The molecule has 2 rings (SSSR count). The monoisotopic (exact) mass is 310 g/mol. The highest BCUT2D eigenvalue weighted by atomic mass is 32.1. The standard InChI is InChI=1S/C15H22N2O3S/c1-4-20-15(19)14-17-12(8-21-14)13(18)16-11-6-5-9(2)7-10(11)3/h8-11H,4-7H2,1-3H3,(H,16,18). The number of carbonyl (C=O) groups excluding carboxylic acids is 2. The maximum atomic E-state index is 12.2. The summed E-state index contributed by atoms with van der Waals surface area (Å²) < 4.78 is 4.88. The van der Waals surface area contributed by atoms with Gasteiger partial charge < -0.3 is 10.1 Å². The van der Waals surface area contributed by atoms with E-state index >= 15 is 0 Å². The van der Waals surface area contributed by atoms with Crippen molar-refractivity contribution >= 4 is 23.2 Å². The molecular formula is C15H22N2O3S. The Hall–Kier alpha value is -1.43. The third-order valence-corrected chi connectivity index (χ3v) is 4.76. The molecule has 0 radical (unpaired) electrons. The maximum Gasteiger partial charge on any atom is 0.367 e. The number of hydrogen-bond acceptors (Lipinski definition) is 5. The molecule has 0 aliphatic heterocycles. The third kappa shape index (κ3) is 4.03. The molecule has 5 nitrogen and oxygen atoms in total. The molecule has 1 aromatic heterocycles. The van der Waals surface area contributed by atoms with E-state index in [-0.39, 0.29) is 17.0 Å². The Balaban J connectivity index is 1.96. The average molecular weight is 310 g/mol. The van der Waals surface area contributed by atoms with Gasteiger partial charge in [-0.05, 0) is 38.0 Å². The average Bonchev–Trinajstić information content (AvgIpc) is 2.92. The minimum Gasteiger partial charge on any atom is -0.461 e. The third-order valence-electron chi connectivity index (χ3n) is 3.93. The first-order chi connectivity index (χ1) is 10.0.